The fourth-order valence-electron chi connectivity index (χ4n) is 1.96. The molecule has 0 bridgehead atoms. The fraction of sp³-hybridized carbons (Fsp3) is 0.917. The summed E-state index contributed by atoms with van der Waals surface area (Å²) in [6, 6.07) is -0.379. The SMILES string of the molecule is CC[C@H](N)C(=O)NCCN1CCOC(C)(C)C1.Cl.Cl. The van der Waals surface area contributed by atoms with Crippen LogP contribution in [0.3, 0.4) is 0 Å². The largest absolute Gasteiger partial charge is 0.373 e. The van der Waals surface area contributed by atoms with E-state index >= 15 is 0 Å². The predicted molar refractivity (Wildman–Crippen MR) is 82.2 cm³/mol. The Labute approximate surface area is 128 Å². The highest BCUT2D eigenvalue weighted by Gasteiger charge is 2.26. The monoisotopic (exact) mass is 315 g/mol. The molecule has 0 saturated carbocycles. The maximum atomic E-state index is 11.5. The average Bonchev–Trinajstić information content (AvgIpc) is 2.26. The Hall–Kier alpha value is -0.0700. The van der Waals surface area contributed by atoms with Gasteiger partial charge >= 0.3 is 0 Å². The molecular formula is C12H27Cl2N3O2. The van der Waals surface area contributed by atoms with E-state index in [1.807, 2.05) is 6.92 Å². The highest BCUT2D eigenvalue weighted by atomic mass is 35.5. The molecule has 1 heterocycles. The van der Waals surface area contributed by atoms with E-state index in [0.29, 0.717) is 13.0 Å². The van der Waals surface area contributed by atoms with Crippen LogP contribution in [0.4, 0.5) is 0 Å². The van der Waals surface area contributed by atoms with Gasteiger partial charge in [-0.05, 0) is 20.3 Å². The highest BCUT2D eigenvalue weighted by Crippen LogP contribution is 2.15. The number of halogens is 2. The summed E-state index contributed by atoms with van der Waals surface area (Å²) in [4.78, 5) is 13.8. The van der Waals surface area contributed by atoms with E-state index in [0.717, 1.165) is 26.2 Å². The number of hydrogen-bond acceptors (Lipinski definition) is 4. The third kappa shape index (κ3) is 7.95. The van der Waals surface area contributed by atoms with Crippen LogP contribution in [0, 0.1) is 0 Å². The molecule has 1 atom stereocenters. The minimum absolute atomic E-state index is 0. The quantitative estimate of drug-likeness (QED) is 0.787. The Kier molecular flexibility index (Phi) is 10.9. The maximum absolute atomic E-state index is 11.5. The van der Waals surface area contributed by atoms with Gasteiger partial charge in [0.05, 0.1) is 18.2 Å². The first-order valence-corrected chi connectivity index (χ1v) is 6.34. The second-order valence-corrected chi connectivity index (χ2v) is 5.19. The standard InChI is InChI=1S/C12H25N3O2.2ClH/c1-4-10(13)11(16)14-5-6-15-7-8-17-12(2,3)9-15;;/h10H,4-9,13H2,1-3H3,(H,14,16);2*1H/t10-;;/m0../s1. The van der Waals surface area contributed by atoms with Crippen molar-refractivity contribution >= 4 is 30.7 Å². The van der Waals surface area contributed by atoms with Gasteiger partial charge in [-0.3, -0.25) is 9.69 Å². The Morgan fingerprint density at radius 3 is 2.63 bits per heavy atom. The van der Waals surface area contributed by atoms with Gasteiger partial charge in [0, 0.05) is 26.2 Å². The minimum atomic E-state index is -0.379. The van der Waals surface area contributed by atoms with Crippen molar-refractivity contribution in [1.82, 2.24) is 10.2 Å². The molecule has 1 amide bonds. The molecule has 0 radical (unpaired) electrons. The van der Waals surface area contributed by atoms with Gasteiger partial charge in [0.1, 0.15) is 0 Å². The number of morpholine rings is 1. The summed E-state index contributed by atoms with van der Waals surface area (Å²) in [5, 5.41) is 2.86. The first-order valence-electron chi connectivity index (χ1n) is 6.34. The summed E-state index contributed by atoms with van der Waals surface area (Å²) < 4.78 is 5.63. The lowest BCUT2D eigenvalue weighted by molar-refractivity contribution is -0.122. The number of carbonyl (C=O) groups excluding carboxylic acids is 1. The number of nitrogens with zero attached hydrogens (tertiary/aromatic N) is 1. The third-order valence-corrected chi connectivity index (χ3v) is 3.01. The van der Waals surface area contributed by atoms with E-state index in [1.165, 1.54) is 0 Å². The van der Waals surface area contributed by atoms with E-state index in [1.54, 1.807) is 0 Å². The van der Waals surface area contributed by atoms with Crippen molar-refractivity contribution in [2.75, 3.05) is 32.8 Å². The number of amides is 1. The number of nitrogens with two attached hydrogens (primary N) is 1. The molecule has 19 heavy (non-hydrogen) atoms. The van der Waals surface area contributed by atoms with Gasteiger partial charge < -0.3 is 15.8 Å². The van der Waals surface area contributed by atoms with Crippen LogP contribution in [0.15, 0.2) is 0 Å². The lowest BCUT2D eigenvalue weighted by atomic mass is 10.1. The van der Waals surface area contributed by atoms with Crippen LogP contribution in [0.5, 0.6) is 0 Å². The summed E-state index contributed by atoms with van der Waals surface area (Å²) >= 11 is 0. The van der Waals surface area contributed by atoms with Crippen LogP contribution in [-0.4, -0.2) is 55.2 Å². The Balaban J connectivity index is 0. The predicted octanol–water partition coefficient (Wildman–Crippen LogP) is 0.794. The minimum Gasteiger partial charge on any atom is -0.373 e. The molecule has 0 unspecified atom stereocenters. The topological polar surface area (TPSA) is 67.6 Å². The van der Waals surface area contributed by atoms with Crippen molar-refractivity contribution in [2.24, 2.45) is 5.73 Å². The van der Waals surface area contributed by atoms with Gasteiger partial charge in [-0.25, -0.2) is 0 Å². The van der Waals surface area contributed by atoms with Crippen molar-refractivity contribution in [1.29, 1.82) is 0 Å². The summed E-state index contributed by atoms with van der Waals surface area (Å²) in [6.45, 7) is 10.2. The fourth-order valence-corrected chi connectivity index (χ4v) is 1.96. The molecule has 0 aliphatic carbocycles. The van der Waals surface area contributed by atoms with Crippen LogP contribution < -0.4 is 11.1 Å². The van der Waals surface area contributed by atoms with E-state index in [-0.39, 0.29) is 42.4 Å². The highest BCUT2D eigenvalue weighted by molar-refractivity contribution is 5.85. The van der Waals surface area contributed by atoms with Gasteiger partial charge in [0.15, 0.2) is 0 Å². The zero-order valence-electron chi connectivity index (χ0n) is 12.0. The molecule has 3 N–H and O–H groups in total. The second-order valence-electron chi connectivity index (χ2n) is 5.19. The third-order valence-electron chi connectivity index (χ3n) is 3.01. The first kappa shape index (κ1) is 21.2. The number of ether oxygens (including phenoxy) is 1. The van der Waals surface area contributed by atoms with E-state index < -0.39 is 0 Å². The summed E-state index contributed by atoms with van der Waals surface area (Å²) in [6.07, 6.45) is 0.677. The number of nitrogens with one attached hydrogen (secondary N) is 1. The zero-order chi connectivity index (χ0) is 12.9. The number of carbonyl (C=O) groups is 1. The molecule has 1 aliphatic rings. The molecule has 0 aromatic heterocycles. The Bertz CT molecular complexity index is 265. The van der Waals surface area contributed by atoms with Gasteiger partial charge in [-0.2, -0.15) is 0 Å². The van der Waals surface area contributed by atoms with Crippen LogP contribution in [0.25, 0.3) is 0 Å². The molecule has 5 nitrogen and oxygen atoms in total. The molecular weight excluding hydrogens is 289 g/mol. The van der Waals surface area contributed by atoms with Crippen molar-refractivity contribution in [3.8, 4) is 0 Å². The Morgan fingerprint density at radius 2 is 2.11 bits per heavy atom. The molecule has 1 rings (SSSR count). The lowest BCUT2D eigenvalue weighted by Crippen LogP contribution is -2.51. The number of hydrogen-bond donors (Lipinski definition) is 2. The van der Waals surface area contributed by atoms with Crippen LogP contribution >= 0.6 is 24.8 Å². The molecule has 116 valence electrons. The summed E-state index contributed by atoms with van der Waals surface area (Å²) in [5.41, 5.74) is 5.55. The van der Waals surface area contributed by atoms with Gasteiger partial charge in [0.2, 0.25) is 5.91 Å². The summed E-state index contributed by atoms with van der Waals surface area (Å²) in [5.74, 6) is -0.0555. The zero-order valence-corrected chi connectivity index (χ0v) is 13.6. The Morgan fingerprint density at radius 1 is 1.47 bits per heavy atom. The van der Waals surface area contributed by atoms with Gasteiger partial charge in [-0.1, -0.05) is 6.92 Å². The van der Waals surface area contributed by atoms with Gasteiger partial charge in [0.25, 0.3) is 0 Å². The number of rotatable bonds is 5. The molecule has 0 spiro atoms. The molecule has 1 aliphatic heterocycles. The van der Waals surface area contributed by atoms with E-state index in [2.05, 4.69) is 24.1 Å². The van der Waals surface area contributed by atoms with Crippen molar-refractivity contribution in [3.05, 3.63) is 0 Å². The average molecular weight is 316 g/mol. The molecule has 1 fully saturated rings. The lowest BCUT2D eigenvalue weighted by Gasteiger charge is -2.38. The molecule has 0 aromatic carbocycles. The molecule has 1 saturated heterocycles. The van der Waals surface area contributed by atoms with Crippen LogP contribution in [-0.2, 0) is 9.53 Å². The van der Waals surface area contributed by atoms with E-state index in [4.69, 9.17) is 10.5 Å². The molecule has 7 heteroatoms. The first-order chi connectivity index (χ1) is 7.94. The van der Waals surface area contributed by atoms with Gasteiger partial charge in [-0.15, -0.1) is 24.8 Å². The smallest absolute Gasteiger partial charge is 0.236 e. The molecule has 0 aromatic rings. The van der Waals surface area contributed by atoms with Crippen molar-refractivity contribution in [3.63, 3.8) is 0 Å². The maximum Gasteiger partial charge on any atom is 0.236 e. The van der Waals surface area contributed by atoms with Crippen LogP contribution in [0.2, 0.25) is 0 Å². The van der Waals surface area contributed by atoms with Crippen molar-refractivity contribution in [2.45, 2.75) is 38.8 Å². The van der Waals surface area contributed by atoms with Crippen LogP contribution in [0.1, 0.15) is 27.2 Å². The summed E-state index contributed by atoms with van der Waals surface area (Å²) in [7, 11) is 0. The van der Waals surface area contributed by atoms with E-state index in [9.17, 15) is 4.79 Å². The van der Waals surface area contributed by atoms with Crippen molar-refractivity contribution < 1.29 is 9.53 Å². The second kappa shape index (κ2) is 9.77. The normalized spacial score (nSPS) is 19.8.